The van der Waals surface area contributed by atoms with Crippen molar-refractivity contribution in [2.75, 3.05) is 29.9 Å². The van der Waals surface area contributed by atoms with Gasteiger partial charge in [0, 0.05) is 62.8 Å². The molecular weight excluding hydrogens is 520 g/mol. The zero-order chi connectivity index (χ0) is 27.5. The lowest BCUT2D eigenvalue weighted by Gasteiger charge is -2.32. The SMILES string of the molecule is CC(=O)N1CCC(c2ccc(N3CCC[C@@H]3c3csc(NC(=O)c4cccn4Cc4ccncc4)n3)cc2)CC1. The molecule has 40 heavy (non-hydrogen) atoms. The number of likely N-dealkylation sites (tertiary alicyclic amines) is 1. The van der Waals surface area contributed by atoms with Gasteiger partial charge in [-0.1, -0.05) is 12.1 Å². The van der Waals surface area contributed by atoms with Crippen molar-refractivity contribution in [2.45, 2.75) is 51.1 Å². The van der Waals surface area contributed by atoms with Crippen LogP contribution < -0.4 is 10.2 Å². The number of carbonyl (C=O) groups is 2. The van der Waals surface area contributed by atoms with Crippen LogP contribution in [-0.2, 0) is 11.3 Å². The first-order valence-electron chi connectivity index (χ1n) is 14.0. The van der Waals surface area contributed by atoms with Crippen LogP contribution in [0, 0.1) is 0 Å². The summed E-state index contributed by atoms with van der Waals surface area (Å²) in [6, 6.07) is 16.8. The molecule has 4 aromatic rings. The number of hydrogen-bond acceptors (Lipinski definition) is 6. The largest absolute Gasteiger partial charge is 0.363 e. The van der Waals surface area contributed by atoms with Gasteiger partial charge in [-0.05, 0) is 79.1 Å². The molecule has 2 fully saturated rings. The first kappa shape index (κ1) is 26.3. The van der Waals surface area contributed by atoms with E-state index in [4.69, 9.17) is 4.98 Å². The molecule has 206 valence electrons. The number of aromatic nitrogens is 3. The van der Waals surface area contributed by atoms with Gasteiger partial charge in [0.2, 0.25) is 5.91 Å². The second kappa shape index (κ2) is 11.6. The number of amides is 2. The summed E-state index contributed by atoms with van der Waals surface area (Å²) in [6.45, 7) is 4.94. The molecule has 8 nitrogen and oxygen atoms in total. The molecule has 1 aromatic carbocycles. The number of hydrogen-bond donors (Lipinski definition) is 1. The third kappa shape index (κ3) is 5.65. The molecule has 2 saturated heterocycles. The molecule has 1 atom stereocenters. The van der Waals surface area contributed by atoms with Crippen LogP contribution in [0.4, 0.5) is 10.8 Å². The van der Waals surface area contributed by atoms with Crippen molar-refractivity contribution in [1.29, 1.82) is 0 Å². The number of nitrogens with zero attached hydrogens (tertiary/aromatic N) is 5. The van der Waals surface area contributed by atoms with E-state index in [1.165, 1.54) is 22.6 Å². The van der Waals surface area contributed by atoms with Gasteiger partial charge in [0.1, 0.15) is 5.69 Å². The lowest BCUT2D eigenvalue weighted by atomic mass is 9.89. The Morgan fingerprint density at radius 3 is 2.52 bits per heavy atom. The predicted molar refractivity (Wildman–Crippen MR) is 158 cm³/mol. The van der Waals surface area contributed by atoms with Crippen molar-refractivity contribution in [1.82, 2.24) is 19.4 Å². The zero-order valence-electron chi connectivity index (χ0n) is 22.7. The Bertz CT molecular complexity index is 1460. The van der Waals surface area contributed by atoms with Gasteiger partial charge in [-0.15, -0.1) is 11.3 Å². The van der Waals surface area contributed by atoms with Crippen LogP contribution in [-0.4, -0.2) is 50.9 Å². The third-order valence-electron chi connectivity index (χ3n) is 8.14. The molecule has 5 heterocycles. The Hall–Kier alpha value is -3.98. The monoisotopic (exact) mass is 554 g/mol. The highest BCUT2D eigenvalue weighted by Gasteiger charge is 2.29. The van der Waals surface area contributed by atoms with Gasteiger partial charge in [0.05, 0.1) is 11.7 Å². The van der Waals surface area contributed by atoms with Crippen LogP contribution in [0.15, 0.2) is 72.5 Å². The van der Waals surface area contributed by atoms with E-state index < -0.39 is 0 Å². The van der Waals surface area contributed by atoms with E-state index in [1.54, 1.807) is 19.3 Å². The Morgan fingerprint density at radius 2 is 1.77 bits per heavy atom. The minimum atomic E-state index is -0.159. The normalized spacial score (nSPS) is 17.8. The van der Waals surface area contributed by atoms with Crippen LogP contribution in [0.25, 0.3) is 0 Å². The molecule has 9 heteroatoms. The highest BCUT2D eigenvalue weighted by Crippen LogP contribution is 2.38. The maximum atomic E-state index is 13.1. The molecule has 3 aromatic heterocycles. The summed E-state index contributed by atoms with van der Waals surface area (Å²) in [6.07, 6.45) is 9.63. The fourth-order valence-electron chi connectivity index (χ4n) is 5.95. The molecule has 0 spiro atoms. The Morgan fingerprint density at radius 1 is 1.00 bits per heavy atom. The van der Waals surface area contributed by atoms with Crippen molar-refractivity contribution in [2.24, 2.45) is 0 Å². The van der Waals surface area contributed by atoms with Crippen LogP contribution >= 0.6 is 11.3 Å². The summed E-state index contributed by atoms with van der Waals surface area (Å²) in [7, 11) is 0. The molecule has 0 bridgehead atoms. The number of anilines is 2. The van der Waals surface area contributed by atoms with Gasteiger partial charge in [-0.25, -0.2) is 4.98 Å². The Labute approximate surface area is 238 Å². The zero-order valence-corrected chi connectivity index (χ0v) is 23.5. The molecule has 0 saturated carbocycles. The number of carbonyl (C=O) groups excluding carboxylic acids is 2. The first-order chi connectivity index (χ1) is 19.5. The fourth-order valence-corrected chi connectivity index (χ4v) is 6.70. The second-order valence-electron chi connectivity index (χ2n) is 10.6. The quantitative estimate of drug-likeness (QED) is 0.317. The van der Waals surface area contributed by atoms with E-state index in [0.29, 0.717) is 23.3 Å². The van der Waals surface area contributed by atoms with Crippen LogP contribution in [0.1, 0.15) is 71.9 Å². The number of pyridine rings is 1. The molecule has 0 radical (unpaired) electrons. The van der Waals surface area contributed by atoms with Gasteiger partial charge >= 0.3 is 0 Å². The Kier molecular flexibility index (Phi) is 7.64. The highest BCUT2D eigenvalue weighted by atomic mass is 32.1. The molecule has 2 amide bonds. The predicted octanol–water partition coefficient (Wildman–Crippen LogP) is 5.71. The molecule has 2 aliphatic heterocycles. The highest BCUT2D eigenvalue weighted by molar-refractivity contribution is 7.14. The van der Waals surface area contributed by atoms with E-state index in [1.807, 2.05) is 39.9 Å². The molecular formula is C31H34N6O2S. The minimum Gasteiger partial charge on any atom is -0.363 e. The maximum absolute atomic E-state index is 13.1. The lowest BCUT2D eigenvalue weighted by molar-refractivity contribution is -0.129. The lowest BCUT2D eigenvalue weighted by Crippen LogP contribution is -2.36. The standard InChI is InChI=1S/C31H34N6O2S/c1-22(38)35-18-12-25(13-19-35)24-6-8-26(9-7-24)37-17-3-4-28(37)27-21-40-31(33-27)34-30(39)29-5-2-16-36(29)20-23-10-14-32-15-11-23/h2,5-11,14-16,21,25,28H,3-4,12-13,17-20H2,1H3,(H,33,34,39)/t28-/m1/s1. The van der Waals surface area contributed by atoms with E-state index >= 15 is 0 Å². The summed E-state index contributed by atoms with van der Waals surface area (Å²) < 4.78 is 1.94. The minimum absolute atomic E-state index is 0.159. The molecule has 6 rings (SSSR count). The van der Waals surface area contributed by atoms with Crippen molar-refractivity contribution in [3.05, 3.63) is 95.0 Å². The van der Waals surface area contributed by atoms with Gasteiger partial charge in [0.15, 0.2) is 5.13 Å². The Balaban J connectivity index is 1.10. The van der Waals surface area contributed by atoms with Gasteiger partial charge < -0.3 is 14.4 Å². The summed E-state index contributed by atoms with van der Waals surface area (Å²) in [5.74, 6) is 0.525. The van der Waals surface area contributed by atoms with E-state index in [2.05, 4.69) is 44.8 Å². The van der Waals surface area contributed by atoms with E-state index in [9.17, 15) is 9.59 Å². The fraction of sp³-hybridized carbons (Fsp3) is 0.355. The smallest absolute Gasteiger partial charge is 0.274 e. The van der Waals surface area contributed by atoms with Gasteiger partial charge in [0.25, 0.3) is 5.91 Å². The number of piperidine rings is 1. The van der Waals surface area contributed by atoms with Crippen LogP contribution in [0.3, 0.4) is 0 Å². The van der Waals surface area contributed by atoms with Gasteiger partial charge in [-0.3, -0.25) is 19.9 Å². The van der Waals surface area contributed by atoms with Crippen molar-refractivity contribution >= 4 is 34.0 Å². The van der Waals surface area contributed by atoms with Crippen molar-refractivity contribution < 1.29 is 9.59 Å². The van der Waals surface area contributed by atoms with E-state index in [0.717, 1.165) is 56.6 Å². The molecule has 0 aliphatic carbocycles. The third-order valence-corrected chi connectivity index (χ3v) is 8.91. The summed E-state index contributed by atoms with van der Waals surface area (Å²) in [5.41, 5.74) is 5.26. The first-order valence-corrected chi connectivity index (χ1v) is 14.9. The summed E-state index contributed by atoms with van der Waals surface area (Å²) in [5, 5.41) is 5.71. The average molecular weight is 555 g/mol. The van der Waals surface area contributed by atoms with Gasteiger partial charge in [-0.2, -0.15) is 0 Å². The van der Waals surface area contributed by atoms with Crippen molar-refractivity contribution in [3.8, 4) is 0 Å². The second-order valence-corrected chi connectivity index (χ2v) is 11.5. The maximum Gasteiger partial charge on any atom is 0.274 e. The number of benzene rings is 1. The number of thiazole rings is 1. The summed E-state index contributed by atoms with van der Waals surface area (Å²) in [4.78, 5) is 38.1. The average Bonchev–Trinajstić information content (AvgIpc) is 3.75. The number of rotatable bonds is 7. The van der Waals surface area contributed by atoms with Crippen molar-refractivity contribution in [3.63, 3.8) is 0 Å². The molecule has 0 unspecified atom stereocenters. The number of nitrogens with one attached hydrogen (secondary N) is 1. The topological polar surface area (TPSA) is 83.4 Å². The van der Waals surface area contributed by atoms with E-state index in [-0.39, 0.29) is 17.9 Å². The molecule has 1 N–H and O–H groups in total. The van der Waals surface area contributed by atoms with Crippen LogP contribution in [0.2, 0.25) is 0 Å². The summed E-state index contributed by atoms with van der Waals surface area (Å²) >= 11 is 1.48. The molecule has 2 aliphatic rings. The van der Waals surface area contributed by atoms with Crippen LogP contribution in [0.5, 0.6) is 0 Å².